The maximum atomic E-state index is 10.6. The molecule has 0 spiro atoms. The standard InChI is InChI=1S/C19H24N2OS.C2HF3O2/c1-2-4-15(5-3-1)12-17-18(22-14-16-6-7-16)8-10-21(17)13-19-20-9-11-23-19;3-2(4,5)1(6)7/h1-5,9,11,16-18H,6-8,10,12-14H2;(H,6,7)/t17-,18+;/m0./s1. The molecule has 0 radical (unpaired) electrons. The van der Waals surface area contributed by atoms with Gasteiger partial charge < -0.3 is 9.84 Å². The minimum Gasteiger partial charge on any atom is -0.475 e. The summed E-state index contributed by atoms with van der Waals surface area (Å²) in [5.74, 6) is -1.92. The van der Waals surface area contributed by atoms with Crippen molar-refractivity contribution in [2.45, 2.75) is 50.6 Å². The van der Waals surface area contributed by atoms with Crippen LogP contribution in [0.25, 0.3) is 0 Å². The normalized spacial score (nSPS) is 21.8. The lowest BCUT2D eigenvalue weighted by atomic mass is 10.0. The average Bonchev–Trinajstić information content (AvgIpc) is 3.26. The highest BCUT2D eigenvalue weighted by atomic mass is 32.1. The van der Waals surface area contributed by atoms with Crippen molar-refractivity contribution in [3.8, 4) is 0 Å². The van der Waals surface area contributed by atoms with Crippen LogP contribution in [0.15, 0.2) is 41.9 Å². The Morgan fingerprint density at radius 1 is 1.23 bits per heavy atom. The lowest BCUT2D eigenvalue weighted by Crippen LogP contribution is -2.38. The predicted octanol–water partition coefficient (Wildman–Crippen LogP) is 4.39. The molecule has 30 heavy (non-hydrogen) atoms. The molecule has 2 atom stereocenters. The van der Waals surface area contributed by atoms with Gasteiger partial charge in [0.25, 0.3) is 0 Å². The first-order valence-electron chi connectivity index (χ1n) is 9.91. The third-order valence-corrected chi connectivity index (χ3v) is 5.96. The zero-order valence-electron chi connectivity index (χ0n) is 16.4. The Bertz CT molecular complexity index is 783. The van der Waals surface area contributed by atoms with Gasteiger partial charge in [-0.3, -0.25) is 4.90 Å². The predicted molar refractivity (Wildman–Crippen MR) is 107 cm³/mol. The number of halogens is 3. The highest BCUT2D eigenvalue weighted by molar-refractivity contribution is 7.09. The van der Waals surface area contributed by atoms with Crippen molar-refractivity contribution < 1.29 is 27.8 Å². The second-order valence-electron chi connectivity index (χ2n) is 7.56. The Morgan fingerprint density at radius 3 is 2.50 bits per heavy atom. The van der Waals surface area contributed by atoms with E-state index in [2.05, 4.69) is 45.6 Å². The van der Waals surface area contributed by atoms with Gasteiger partial charge in [0.2, 0.25) is 0 Å². The minimum absolute atomic E-state index is 0.371. The molecule has 1 aromatic carbocycles. The monoisotopic (exact) mass is 442 g/mol. The molecule has 1 aliphatic carbocycles. The van der Waals surface area contributed by atoms with Gasteiger partial charge in [-0.2, -0.15) is 13.2 Å². The first-order chi connectivity index (χ1) is 14.3. The van der Waals surface area contributed by atoms with E-state index < -0.39 is 12.1 Å². The summed E-state index contributed by atoms with van der Waals surface area (Å²) in [5.41, 5.74) is 1.41. The van der Waals surface area contributed by atoms with E-state index in [0.29, 0.717) is 12.1 Å². The number of benzene rings is 1. The minimum atomic E-state index is -5.08. The molecule has 1 saturated heterocycles. The van der Waals surface area contributed by atoms with Gasteiger partial charge >= 0.3 is 12.1 Å². The van der Waals surface area contributed by atoms with Crippen molar-refractivity contribution in [1.82, 2.24) is 9.88 Å². The van der Waals surface area contributed by atoms with Crippen molar-refractivity contribution in [3.63, 3.8) is 0 Å². The van der Waals surface area contributed by atoms with Crippen LogP contribution in [0.1, 0.15) is 29.8 Å². The van der Waals surface area contributed by atoms with Crippen LogP contribution in [0, 0.1) is 5.92 Å². The molecule has 9 heteroatoms. The first-order valence-corrected chi connectivity index (χ1v) is 10.8. The van der Waals surface area contributed by atoms with Crippen LogP contribution in [0.5, 0.6) is 0 Å². The van der Waals surface area contributed by atoms with Gasteiger partial charge in [0, 0.05) is 30.8 Å². The van der Waals surface area contributed by atoms with E-state index >= 15 is 0 Å². The van der Waals surface area contributed by atoms with E-state index in [0.717, 1.165) is 38.5 Å². The summed E-state index contributed by atoms with van der Waals surface area (Å²) in [7, 11) is 0. The number of carbonyl (C=O) groups is 1. The Kier molecular flexibility index (Phi) is 7.85. The molecule has 164 valence electrons. The fourth-order valence-electron chi connectivity index (χ4n) is 3.44. The molecule has 4 rings (SSSR count). The summed E-state index contributed by atoms with van der Waals surface area (Å²) < 4.78 is 38.0. The van der Waals surface area contributed by atoms with Gasteiger partial charge in [0.1, 0.15) is 5.01 Å². The van der Waals surface area contributed by atoms with Gasteiger partial charge in [-0.1, -0.05) is 30.3 Å². The number of carboxylic acids is 1. The number of thiazole rings is 1. The second-order valence-corrected chi connectivity index (χ2v) is 8.54. The topological polar surface area (TPSA) is 62.7 Å². The van der Waals surface area contributed by atoms with Gasteiger partial charge in [0.15, 0.2) is 0 Å². The van der Waals surface area contributed by atoms with Crippen molar-refractivity contribution >= 4 is 17.3 Å². The smallest absolute Gasteiger partial charge is 0.475 e. The largest absolute Gasteiger partial charge is 0.490 e. The summed E-state index contributed by atoms with van der Waals surface area (Å²) in [5, 5.41) is 10.4. The molecular formula is C21H25F3N2O3S. The van der Waals surface area contributed by atoms with E-state index in [9.17, 15) is 13.2 Å². The summed E-state index contributed by atoms with van der Waals surface area (Å²) >= 11 is 1.75. The number of likely N-dealkylation sites (tertiary alicyclic amines) is 1. The van der Waals surface area contributed by atoms with Crippen LogP contribution in [0.4, 0.5) is 13.2 Å². The van der Waals surface area contributed by atoms with E-state index in [1.807, 2.05) is 6.20 Å². The van der Waals surface area contributed by atoms with Crippen LogP contribution in [0.3, 0.4) is 0 Å². The molecule has 1 N–H and O–H groups in total. The van der Waals surface area contributed by atoms with E-state index in [1.54, 1.807) is 11.3 Å². The van der Waals surface area contributed by atoms with E-state index in [1.165, 1.54) is 23.4 Å². The second kappa shape index (κ2) is 10.4. The fourth-order valence-corrected chi connectivity index (χ4v) is 4.08. The van der Waals surface area contributed by atoms with Crippen LogP contribution in [0.2, 0.25) is 0 Å². The van der Waals surface area contributed by atoms with Gasteiger partial charge in [-0.25, -0.2) is 9.78 Å². The number of alkyl halides is 3. The lowest BCUT2D eigenvalue weighted by molar-refractivity contribution is -0.192. The molecule has 0 amide bonds. The summed E-state index contributed by atoms with van der Waals surface area (Å²) in [6, 6.07) is 11.3. The third-order valence-electron chi connectivity index (χ3n) is 5.19. The molecule has 2 aliphatic rings. The van der Waals surface area contributed by atoms with Gasteiger partial charge in [-0.15, -0.1) is 11.3 Å². The van der Waals surface area contributed by atoms with Crippen LogP contribution < -0.4 is 0 Å². The number of rotatable bonds is 7. The van der Waals surface area contributed by atoms with Crippen LogP contribution in [-0.4, -0.2) is 52.4 Å². The number of hydrogen-bond acceptors (Lipinski definition) is 5. The van der Waals surface area contributed by atoms with Crippen molar-refractivity contribution in [3.05, 3.63) is 52.5 Å². The molecular weight excluding hydrogens is 417 g/mol. The molecule has 0 bridgehead atoms. The zero-order valence-corrected chi connectivity index (χ0v) is 17.2. The van der Waals surface area contributed by atoms with E-state index in [-0.39, 0.29) is 0 Å². The molecule has 0 unspecified atom stereocenters. The van der Waals surface area contributed by atoms with Crippen LogP contribution in [-0.2, 0) is 22.5 Å². The number of nitrogens with zero attached hydrogens (tertiary/aromatic N) is 2. The summed E-state index contributed by atoms with van der Waals surface area (Å²) in [6.45, 7) is 3.03. The third kappa shape index (κ3) is 7.07. The molecule has 2 aromatic rings. The van der Waals surface area contributed by atoms with E-state index in [4.69, 9.17) is 14.6 Å². The SMILES string of the molecule is O=C(O)C(F)(F)F.c1ccc(C[C@H]2[C@H](OCC3CC3)CCN2Cc2nccs2)cc1. The highest BCUT2D eigenvalue weighted by Gasteiger charge is 2.38. The van der Waals surface area contributed by atoms with Gasteiger partial charge in [0.05, 0.1) is 12.6 Å². The van der Waals surface area contributed by atoms with Crippen molar-refractivity contribution in [2.24, 2.45) is 5.92 Å². The Labute approximate surface area is 177 Å². The highest BCUT2D eigenvalue weighted by Crippen LogP contribution is 2.32. The quantitative estimate of drug-likeness (QED) is 0.689. The van der Waals surface area contributed by atoms with Crippen molar-refractivity contribution in [2.75, 3.05) is 13.2 Å². The Morgan fingerprint density at radius 2 is 1.93 bits per heavy atom. The summed E-state index contributed by atoms with van der Waals surface area (Å²) in [4.78, 5) is 15.9. The Balaban J connectivity index is 0.000000318. The number of hydrogen-bond donors (Lipinski definition) is 1. The fraction of sp³-hybridized carbons (Fsp3) is 0.524. The molecule has 5 nitrogen and oxygen atoms in total. The molecule has 2 heterocycles. The number of ether oxygens (including phenoxy) is 1. The van der Waals surface area contributed by atoms with Crippen molar-refractivity contribution in [1.29, 1.82) is 0 Å². The zero-order chi connectivity index (χ0) is 21.6. The first kappa shape index (κ1) is 22.7. The molecule has 1 aromatic heterocycles. The molecule has 1 aliphatic heterocycles. The lowest BCUT2D eigenvalue weighted by Gasteiger charge is -2.28. The number of aliphatic carboxylic acids is 1. The van der Waals surface area contributed by atoms with Crippen LogP contribution >= 0.6 is 11.3 Å². The van der Waals surface area contributed by atoms with Gasteiger partial charge in [-0.05, 0) is 37.2 Å². The summed E-state index contributed by atoms with van der Waals surface area (Å²) in [6.07, 6.45) is 2.13. The number of aromatic nitrogens is 1. The molecule has 2 fully saturated rings. The number of carboxylic acid groups (broad SMARTS) is 1. The maximum Gasteiger partial charge on any atom is 0.490 e. The average molecular weight is 443 g/mol. The molecule has 1 saturated carbocycles. The Hall–Kier alpha value is -1.97. The maximum absolute atomic E-state index is 10.6.